The maximum atomic E-state index is 12.6. The third-order valence-corrected chi connectivity index (χ3v) is 11.2. The normalized spacial score (nSPS) is 25.2. The van der Waals surface area contributed by atoms with Gasteiger partial charge in [-0.25, -0.2) is 4.79 Å². The highest BCUT2D eigenvalue weighted by molar-refractivity contribution is 6.74. The van der Waals surface area contributed by atoms with Crippen molar-refractivity contribution >= 4 is 26.1 Å². The number of ether oxygens (including phenoxy) is 1. The highest BCUT2D eigenvalue weighted by atomic mass is 28.4. The molecule has 2 fully saturated rings. The number of carbonyl (C=O) groups is 3. The summed E-state index contributed by atoms with van der Waals surface area (Å²) in [4.78, 5) is 38.5. The molecule has 0 spiro atoms. The molecule has 2 amide bonds. The average Bonchev–Trinajstić information content (AvgIpc) is 3.11. The summed E-state index contributed by atoms with van der Waals surface area (Å²) < 4.78 is 11.5. The zero-order chi connectivity index (χ0) is 23.4. The molecule has 0 saturated carbocycles. The van der Waals surface area contributed by atoms with Crippen molar-refractivity contribution in [3.05, 3.63) is 24.8 Å². The van der Waals surface area contributed by atoms with Crippen LogP contribution in [0.15, 0.2) is 24.8 Å². The van der Waals surface area contributed by atoms with Gasteiger partial charge in [0.05, 0.1) is 24.1 Å². The lowest BCUT2D eigenvalue weighted by Crippen LogP contribution is -2.64. The Kier molecular flexibility index (Phi) is 8.27. The molecule has 0 aromatic carbocycles. The fraction of sp³-hybridized carbons (Fsp3) is 0.696. The molecule has 2 saturated heterocycles. The number of nitrogens with one attached hydrogen (secondary N) is 1. The molecule has 0 unspecified atom stereocenters. The van der Waals surface area contributed by atoms with Gasteiger partial charge in [-0.3, -0.25) is 9.59 Å². The van der Waals surface area contributed by atoms with E-state index in [1.807, 2.05) is 6.92 Å². The van der Waals surface area contributed by atoms with Gasteiger partial charge in [0.1, 0.15) is 6.61 Å². The lowest BCUT2D eigenvalue weighted by molar-refractivity contribution is -0.140. The predicted octanol–water partition coefficient (Wildman–Crippen LogP) is 3.81. The minimum absolute atomic E-state index is 0.0511. The van der Waals surface area contributed by atoms with Gasteiger partial charge in [0.2, 0.25) is 5.91 Å². The number of likely N-dealkylation sites (tertiary alicyclic amines) is 1. The van der Waals surface area contributed by atoms with Gasteiger partial charge in [-0.05, 0) is 44.0 Å². The van der Waals surface area contributed by atoms with Crippen LogP contribution < -0.4 is 5.32 Å². The number of carbonyl (C=O) groups excluding carboxylic acids is 3. The number of hydrogen-bond donors (Lipinski definition) is 1. The Hall–Kier alpha value is -1.93. The fourth-order valence-electron chi connectivity index (χ4n) is 3.82. The van der Waals surface area contributed by atoms with Crippen LogP contribution in [0.3, 0.4) is 0 Å². The van der Waals surface area contributed by atoms with Crippen molar-refractivity contribution in [1.29, 1.82) is 0 Å². The van der Waals surface area contributed by atoms with Crippen molar-refractivity contribution in [2.24, 2.45) is 5.92 Å². The molecule has 0 aromatic rings. The predicted molar refractivity (Wildman–Crippen MR) is 123 cm³/mol. The molecule has 31 heavy (non-hydrogen) atoms. The second-order valence-corrected chi connectivity index (χ2v) is 14.8. The highest BCUT2D eigenvalue weighted by Crippen LogP contribution is 2.39. The van der Waals surface area contributed by atoms with Crippen LogP contribution in [0.4, 0.5) is 4.79 Å². The third-order valence-electron chi connectivity index (χ3n) is 6.64. The molecular formula is C23H38N2O5Si. The molecule has 7 nitrogen and oxygen atoms in total. The van der Waals surface area contributed by atoms with E-state index < -0.39 is 8.32 Å². The molecule has 1 N–H and O–H groups in total. The van der Waals surface area contributed by atoms with Gasteiger partial charge < -0.3 is 19.4 Å². The molecule has 0 radical (unpaired) electrons. The molecule has 0 aliphatic carbocycles. The molecule has 8 heteroatoms. The van der Waals surface area contributed by atoms with Crippen LogP contribution in [0, 0.1) is 5.92 Å². The maximum absolute atomic E-state index is 12.6. The number of β-lactam (4-membered cyclic amide) rings is 1. The summed E-state index contributed by atoms with van der Waals surface area (Å²) in [5.41, 5.74) is 0. The van der Waals surface area contributed by atoms with Gasteiger partial charge >= 0.3 is 6.09 Å². The maximum Gasteiger partial charge on any atom is 0.410 e. The van der Waals surface area contributed by atoms with Crippen LogP contribution >= 0.6 is 0 Å². The first-order chi connectivity index (χ1) is 14.4. The van der Waals surface area contributed by atoms with Crippen molar-refractivity contribution in [1.82, 2.24) is 10.2 Å². The topological polar surface area (TPSA) is 84.9 Å². The minimum atomic E-state index is -2.01. The number of amides is 2. The standard InChI is InChI=1S/C23H38N2O5Si/c1-8-14-29-22(28)25-13-9-10-17(25)11-12-18(26)15-19-20(21(27)24-19)16(2)30-31(6,7)23(3,4)5/h8,11-12,16-17,19-20H,1,9-10,13-15H2,2-7H3,(H,24,27)/t16-,17+,19-,20-/m1/s1. The van der Waals surface area contributed by atoms with Gasteiger partial charge in [-0.1, -0.05) is 39.5 Å². The number of ketones is 1. The first-order valence-corrected chi connectivity index (χ1v) is 14.0. The molecule has 2 aliphatic rings. The van der Waals surface area contributed by atoms with E-state index in [4.69, 9.17) is 9.16 Å². The lowest BCUT2D eigenvalue weighted by Gasteiger charge is -2.45. The largest absolute Gasteiger partial charge is 0.445 e. The van der Waals surface area contributed by atoms with Crippen LogP contribution in [0.1, 0.15) is 47.0 Å². The Morgan fingerprint density at radius 2 is 2.03 bits per heavy atom. The second-order valence-electron chi connectivity index (χ2n) is 10.0. The van der Waals surface area contributed by atoms with E-state index >= 15 is 0 Å². The van der Waals surface area contributed by atoms with Crippen molar-refractivity contribution in [3.8, 4) is 0 Å². The smallest absolute Gasteiger partial charge is 0.410 e. The van der Waals surface area contributed by atoms with Crippen LogP contribution in [-0.2, 0) is 18.8 Å². The summed E-state index contributed by atoms with van der Waals surface area (Å²) in [5.74, 6) is -0.441. The molecule has 0 aromatic heterocycles. The summed E-state index contributed by atoms with van der Waals surface area (Å²) in [6, 6.07) is -0.365. The number of hydrogen-bond acceptors (Lipinski definition) is 5. The van der Waals surface area contributed by atoms with Gasteiger partial charge in [0.15, 0.2) is 14.1 Å². The Bertz CT molecular complexity index is 728. The first-order valence-electron chi connectivity index (χ1n) is 11.1. The molecule has 0 bridgehead atoms. The summed E-state index contributed by atoms with van der Waals surface area (Å²) in [7, 11) is -2.01. The van der Waals surface area contributed by atoms with Crippen LogP contribution in [-0.4, -0.2) is 62.3 Å². The van der Waals surface area contributed by atoms with E-state index in [9.17, 15) is 14.4 Å². The molecule has 174 valence electrons. The average molecular weight is 451 g/mol. The Morgan fingerprint density at radius 3 is 2.61 bits per heavy atom. The number of allylic oxidation sites excluding steroid dienone is 1. The highest BCUT2D eigenvalue weighted by Gasteiger charge is 2.47. The minimum Gasteiger partial charge on any atom is -0.445 e. The van der Waals surface area contributed by atoms with Crippen LogP contribution in [0.2, 0.25) is 18.1 Å². The Labute approximate surface area is 187 Å². The van der Waals surface area contributed by atoms with Crippen LogP contribution in [0.25, 0.3) is 0 Å². The third kappa shape index (κ3) is 6.29. The molecule has 2 heterocycles. The summed E-state index contributed by atoms with van der Waals surface area (Å²) in [6.07, 6.45) is 6.11. The molecule has 2 rings (SSSR count). The van der Waals surface area contributed by atoms with Crippen LogP contribution in [0.5, 0.6) is 0 Å². The van der Waals surface area contributed by atoms with E-state index in [0.717, 1.165) is 12.8 Å². The van der Waals surface area contributed by atoms with Crippen molar-refractivity contribution in [2.75, 3.05) is 13.2 Å². The second kappa shape index (κ2) is 10.1. The fourth-order valence-corrected chi connectivity index (χ4v) is 5.25. The van der Waals surface area contributed by atoms with Crippen molar-refractivity contribution in [3.63, 3.8) is 0 Å². The van der Waals surface area contributed by atoms with Gasteiger partial charge in [0, 0.05) is 13.0 Å². The SMILES string of the molecule is C=CCOC(=O)N1CCC[C@H]1C=CC(=O)C[C@H]1NC(=O)[C@@H]1[C@@H](C)O[Si](C)(C)C(C)(C)C. The van der Waals surface area contributed by atoms with Gasteiger partial charge in [-0.2, -0.15) is 0 Å². The number of nitrogens with zero attached hydrogens (tertiary/aromatic N) is 1. The first kappa shape index (κ1) is 25.3. The van der Waals surface area contributed by atoms with Crippen molar-refractivity contribution < 1.29 is 23.5 Å². The van der Waals surface area contributed by atoms with Crippen molar-refractivity contribution in [2.45, 2.75) is 83.3 Å². The summed E-state index contributed by atoms with van der Waals surface area (Å²) in [5, 5.41) is 2.91. The van der Waals surface area contributed by atoms with Gasteiger partial charge in [-0.15, -0.1) is 0 Å². The van der Waals surface area contributed by atoms with E-state index in [1.165, 1.54) is 12.2 Å². The molecular weight excluding hydrogens is 412 g/mol. The molecule has 2 aliphatic heterocycles. The lowest BCUT2D eigenvalue weighted by atomic mass is 9.83. The molecule has 4 atom stereocenters. The van der Waals surface area contributed by atoms with E-state index in [-0.39, 0.29) is 60.0 Å². The summed E-state index contributed by atoms with van der Waals surface area (Å²) in [6.45, 7) is 17.1. The Morgan fingerprint density at radius 1 is 1.35 bits per heavy atom. The Balaban J connectivity index is 1.92. The van der Waals surface area contributed by atoms with E-state index in [2.05, 4.69) is 45.8 Å². The number of rotatable bonds is 9. The zero-order valence-corrected chi connectivity index (χ0v) is 20.8. The van der Waals surface area contributed by atoms with Gasteiger partial charge in [0.25, 0.3) is 0 Å². The monoisotopic (exact) mass is 450 g/mol. The zero-order valence-electron chi connectivity index (χ0n) is 19.8. The van der Waals surface area contributed by atoms with E-state index in [0.29, 0.717) is 6.54 Å². The summed E-state index contributed by atoms with van der Waals surface area (Å²) >= 11 is 0. The van der Waals surface area contributed by atoms with E-state index in [1.54, 1.807) is 11.0 Å². The quantitative estimate of drug-likeness (QED) is 0.250.